The van der Waals surface area contributed by atoms with E-state index in [9.17, 15) is 14.7 Å². The second kappa shape index (κ2) is 7.23. The third-order valence-corrected chi connectivity index (χ3v) is 1.95. The lowest BCUT2D eigenvalue weighted by molar-refractivity contribution is -0.152. The van der Waals surface area contributed by atoms with Crippen molar-refractivity contribution in [3.05, 3.63) is 0 Å². The van der Waals surface area contributed by atoms with Gasteiger partial charge >= 0.3 is 11.9 Å². The molecule has 0 aromatic heterocycles. The molecule has 0 aliphatic heterocycles. The van der Waals surface area contributed by atoms with Crippen LogP contribution in [0.3, 0.4) is 0 Å². The number of ether oxygens (including phenoxy) is 1. The Kier molecular flexibility index (Phi) is 6.70. The number of carbonyl (C=O) groups excluding carboxylic acids is 1. The maximum atomic E-state index is 11.1. The molecule has 0 aromatic carbocycles. The van der Waals surface area contributed by atoms with Crippen LogP contribution >= 0.6 is 0 Å². The van der Waals surface area contributed by atoms with E-state index in [0.29, 0.717) is 12.8 Å². The van der Waals surface area contributed by atoms with Crippen LogP contribution in [0.5, 0.6) is 0 Å². The summed E-state index contributed by atoms with van der Waals surface area (Å²) in [6, 6.07) is 0. The van der Waals surface area contributed by atoms with Crippen LogP contribution < -0.4 is 0 Å². The molecular formula is C10H18O5. The highest BCUT2D eigenvalue weighted by atomic mass is 16.5. The molecule has 0 aliphatic carbocycles. The van der Waals surface area contributed by atoms with Gasteiger partial charge in [-0.2, -0.15) is 0 Å². The van der Waals surface area contributed by atoms with Crippen LogP contribution in [0.25, 0.3) is 0 Å². The largest absolute Gasteiger partial charge is 0.481 e. The molecule has 2 unspecified atom stereocenters. The van der Waals surface area contributed by atoms with Crippen LogP contribution in [0.2, 0.25) is 0 Å². The fourth-order valence-corrected chi connectivity index (χ4v) is 1.09. The maximum absolute atomic E-state index is 11.1. The zero-order chi connectivity index (χ0) is 11.8. The average molecular weight is 218 g/mol. The molecule has 0 aliphatic rings. The van der Waals surface area contributed by atoms with Crippen molar-refractivity contribution in [2.45, 2.75) is 51.7 Å². The van der Waals surface area contributed by atoms with Gasteiger partial charge in [-0.15, -0.1) is 0 Å². The van der Waals surface area contributed by atoms with Crippen molar-refractivity contribution in [3.63, 3.8) is 0 Å². The molecule has 15 heavy (non-hydrogen) atoms. The van der Waals surface area contributed by atoms with Crippen LogP contribution in [0.4, 0.5) is 0 Å². The first-order chi connectivity index (χ1) is 6.95. The van der Waals surface area contributed by atoms with Crippen molar-refractivity contribution >= 4 is 11.9 Å². The molecule has 2 atom stereocenters. The van der Waals surface area contributed by atoms with E-state index in [-0.39, 0.29) is 18.9 Å². The van der Waals surface area contributed by atoms with Gasteiger partial charge in [-0.05, 0) is 13.3 Å². The molecule has 5 nitrogen and oxygen atoms in total. The Bertz CT molecular complexity index is 214. The molecular weight excluding hydrogens is 200 g/mol. The monoisotopic (exact) mass is 218 g/mol. The number of hydrogen-bond acceptors (Lipinski definition) is 4. The van der Waals surface area contributed by atoms with E-state index in [1.54, 1.807) is 6.92 Å². The molecule has 0 heterocycles. The first-order valence-corrected chi connectivity index (χ1v) is 5.05. The van der Waals surface area contributed by atoms with E-state index < -0.39 is 18.0 Å². The Balaban J connectivity index is 3.71. The van der Waals surface area contributed by atoms with E-state index in [1.807, 2.05) is 6.92 Å². The van der Waals surface area contributed by atoms with Gasteiger partial charge in [-0.25, -0.2) is 0 Å². The third kappa shape index (κ3) is 7.93. The van der Waals surface area contributed by atoms with Gasteiger partial charge in [0.25, 0.3) is 0 Å². The summed E-state index contributed by atoms with van der Waals surface area (Å²) >= 11 is 0. The number of rotatable bonds is 7. The zero-order valence-corrected chi connectivity index (χ0v) is 9.10. The number of carbonyl (C=O) groups is 2. The minimum atomic E-state index is -1.02. The number of carboxylic acid groups (broad SMARTS) is 1. The highest BCUT2D eigenvalue weighted by Crippen LogP contribution is 2.07. The van der Waals surface area contributed by atoms with Crippen LogP contribution in [0.1, 0.15) is 39.5 Å². The van der Waals surface area contributed by atoms with Crippen molar-refractivity contribution in [1.29, 1.82) is 0 Å². The highest BCUT2D eigenvalue weighted by Gasteiger charge is 2.14. The summed E-state index contributed by atoms with van der Waals surface area (Å²) in [5, 5.41) is 17.6. The number of hydrogen-bond donors (Lipinski definition) is 2. The third-order valence-electron chi connectivity index (χ3n) is 1.95. The topological polar surface area (TPSA) is 83.8 Å². The Morgan fingerprint density at radius 1 is 1.33 bits per heavy atom. The summed E-state index contributed by atoms with van der Waals surface area (Å²) in [4.78, 5) is 21.2. The molecule has 2 N–H and O–H groups in total. The van der Waals surface area contributed by atoms with Gasteiger partial charge in [0.2, 0.25) is 0 Å². The van der Waals surface area contributed by atoms with Gasteiger partial charge in [0.05, 0.1) is 18.9 Å². The van der Waals surface area contributed by atoms with E-state index >= 15 is 0 Å². The van der Waals surface area contributed by atoms with E-state index in [2.05, 4.69) is 0 Å². The molecule has 5 heteroatoms. The Labute approximate surface area is 89.0 Å². The average Bonchev–Trinajstić information content (AvgIpc) is 2.14. The maximum Gasteiger partial charge on any atom is 0.306 e. The summed E-state index contributed by atoms with van der Waals surface area (Å²) in [7, 11) is 0. The highest BCUT2D eigenvalue weighted by molar-refractivity contribution is 5.76. The van der Waals surface area contributed by atoms with Crippen LogP contribution in [0.15, 0.2) is 0 Å². The molecule has 0 aromatic rings. The van der Waals surface area contributed by atoms with Crippen molar-refractivity contribution in [2.24, 2.45) is 0 Å². The molecule has 0 saturated heterocycles. The summed E-state index contributed by atoms with van der Waals surface area (Å²) in [5.74, 6) is -1.55. The molecule has 0 spiro atoms. The van der Waals surface area contributed by atoms with E-state index in [1.165, 1.54) is 0 Å². The first kappa shape index (κ1) is 13.9. The standard InChI is InChI=1S/C10H18O5/c1-3-8(11)6-7(2)15-10(14)5-4-9(12)13/h7-8,11H,3-6H2,1-2H3,(H,12,13). The van der Waals surface area contributed by atoms with Gasteiger partial charge in [0, 0.05) is 6.42 Å². The molecule has 0 radical (unpaired) electrons. The van der Waals surface area contributed by atoms with Gasteiger partial charge in [0.15, 0.2) is 0 Å². The molecule has 0 amide bonds. The summed E-state index contributed by atoms with van der Waals surface area (Å²) < 4.78 is 4.91. The molecule has 0 bridgehead atoms. The second-order valence-corrected chi connectivity index (χ2v) is 3.49. The number of aliphatic carboxylic acids is 1. The summed E-state index contributed by atoms with van der Waals surface area (Å²) in [6.45, 7) is 3.52. The lowest BCUT2D eigenvalue weighted by Gasteiger charge is -2.15. The quantitative estimate of drug-likeness (QED) is 0.621. The van der Waals surface area contributed by atoms with E-state index in [0.717, 1.165) is 0 Å². The number of aliphatic hydroxyl groups is 1. The van der Waals surface area contributed by atoms with Crippen molar-refractivity contribution in [3.8, 4) is 0 Å². The molecule has 0 fully saturated rings. The first-order valence-electron chi connectivity index (χ1n) is 5.05. The Morgan fingerprint density at radius 3 is 2.40 bits per heavy atom. The molecule has 88 valence electrons. The molecule has 0 saturated carbocycles. The zero-order valence-electron chi connectivity index (χ0n) is 9.10. The predicted molar refractivity (Wildman–Crippen MR) is 53.3 cm³/mol. The summed E-state index contributed by atoms with van der Waals surface area (Å²) in [6.07, 6.45) is -0.204. The van der Waals surface area contributed by atoms with Gasteiger partial charge in [-0.1, -0.05) is 6.92 Å². The Hall–Kier alpha value is -1.10. The SMILES string of the molecule is CCC(O)CC(C)OC(=O)CCC(=O)O. The minimum Gasteiger partial charge on any atom is -0.481 e. The van der Waals surface area contributed by atoms with Crippen molar-refractivity contribution in [2.75, 3.05) is 0 Å². The van der Waals surface area contributed by atoms with Gasteiger partial charge in [-0.3, -0.25) is 9.59 Å². The van der Waals surface area contributed by atoms with Gasteiger partial charge < -0.3 is 14.9 Å². The molecule has 0 rings (SSSR count). The minimum absolute atomic E-state index is 0.123. The van der Waals surface area contributed by atoms with Crippen LogP contribution in [0, 0.1) is 0 Å². The fraction of sp³-hybridized carbons (Fsp3) is 0.800. The predicted octanol–water partition coefficient (Wildman–Crippen LogP) is 0.944. The lowest BCUT2D eigenvalue weighted by atomic mass is 10.1. The number of aliphatic hydroxyl groups excluding tert-OH is 1. The number of esters is 1. The lowest BCUT2D eigenvalue weighted by Crippen LogP contribution is -2.21. The number of carboxylic acids is 1. The fourth-order valence-electron chi connectivity index (χ4n) is 1.09. The van der Waals surface area contributed by atoms with Gasteiger partial charge in [0.1, 0.15) is 6.10 Å². The summed E-state index contributed by atoms with van der Waals surface area (Å²) in [5.41, 5.74) is 0. The van der Waals surface area contributed by atoms with Crippen molar-refractivity contribution in [1.82, 2.24) is 0 Å². The van der Waals surface area contributed by atoms with Crippen LogP contribution in [-0.4, -0.2) is 34.4 Å². The van der Waals surface area contributed by atoms with Crippen molar-refractivity contribution < 1.29 is 24.5 Å². The Morgan fingerprint density at radius 2 is 1.93 bits per heavy atom. The smallest absolute Gasteiger partial charge is 0.306 e. The van der Waals surface area contributed by atoms with Crippen LogP contribution in [-0.2, 0) is 14.3 Å². The van der Waals surface area contributed by atoms with E-state index in [4.69, 9.17) is 9.84 Å². The normalized spacial score (nSPS) is 14.3. The second-order valence-electron chi connectivity index (χ2n) is 3.49.